The lowest BCUT2D eigenvalue weighted by Gasteiger charge is -2.30. The first-order chi connectivity index (χ1) is 10.9. The Balaban J connectivity index is 1.88. The van der Waals surface area contributed by atoms with E-state index in [2.05, 4.69) is 10.6 Å². The molecule has 3 rings (SSSR count). The van der Waals surface area contributed by atoms with Crippen LogP contribution in [-0.2, 0) is 14.4 Å². The van der Waals surface area contributed by atoms with Crippen LogP contribution in [0, 0.1) is 5.92 Å². The second kappa shape index (κ2) is 6.34. The van der Waals surface area contributed by atoms with Gasteiger partial charge in [-0.25, -0.2) is 0 Å². The van der Waals surface area contributed by atoms with Crippen LogP contribution in [0.5, 0.6) is 0 Å². The number of hydrogen-bond acceptors (Lipinski definition) is 3. The van der Waals surface area contributed by atoms with Crippen LogP contribution in [0.4, 0.5) is 5.69 Å². The van der Waals surface area contributed by atoms with E-state index in [1.54, 1.807) is 18.2 Å². The highest BCUT2D eigenvalue weighted by atomic mass is 35.5. The molecule has 1 aliphatic carbocycles. The maximum absolute atomic E-state index is 12.6. The van der Waals surface area contributed by atoms with Gasteiger partial charge in [-0.2, -0.15) is 0 Å². The van der Waals surface area contributed by atoms with Crippen molar-refractivity contribution in [3.63, 3.8) is 0 Å². The van der Waals surface area contributed by atoms with E-state index in [0.29, 0.717) is 46.3 Å². The van der Waals surface area contributed by atoms with E-state index in [0.717, 1.165) is 0 Å². The van der Waals surface area contributed by atoms with E-state index in [9.17, 15) is 14.4 Å². The molecule has 0 saturated heterocycles. The molecule has 1 aliphatic heterocycles. The van der Waals surface area contributed by atoms with Crippen LogP contribution in [-0.4, -0.2) is 17.6 Å². The van der Waals surface area contributed by atoms with Crippen LogP contribution < -0.4 is 10.6 Å². The number of nitrogens with one attached hydrogen (secondary N) is 2. The van der Waals surface area contributed by atoms with Gasteiger partial charge in [0.05, 0.1) is 5.92 Å². The van der Waals surface area contributed by atoms with Crippen molar-refractivity contribution >= 4 is 46.5 Å². The minimum Gasteiger partial charge on any atom is -0.329 e. The van der Waals surface area contributed by atoms with Crippen molar-refractivity contribution in [2.24, 2.45) is 5.92 Å². The van der Waals surface area contributed by atoms with Gasteiger partial charge in [0.25, 0.3) is 0 Å². The number of carbonyl (C=O) groups is 3. The predicted octanol–water partition coefficient (Wildman–Crippen LogP) is 3.08. The van der Waals surface area contributed by atoms with Crippen LogP contribution in [0.3, 0.4) is 0 Å². The summed E-state index contributed by atoms with van der Waals surface area (Å²) in [7, 11) is 0. The van der Waals surface area contributed by atoms with Crippen molar-refractivity contribution in [3.05, 3.63) is 39.5 Å². The quantitative estimate of drug-likeness (QED) is 0.858. The molecule has 1 aromatic carbocycles. The molecule has 2 N–H and O–H groups in total. The number of anilines is 1. The first-order valence-corrected chi connectivity index (χ1v) is 8.02. The summed E-state index contributed by atoms with van der Waals surface area (Å²) in [6.45, 7) is 0. The molecular formula is C16H14Cl2N2O3. The van der Waals surface area contributed by atoms with E-state index in [-0.39, 0.29) is 18.1 Å². The fourth-order valence-electron chi connectivity index (χ4n) is 2.98. The number of halogens is 2. The van der Waals surface area contributed by atoms with Gasteiger partial charge < -0.3 is 10.6 Å². The van der Waals surface area contributed by atoms with Gasteiger partial charge in [0, 0.05) is 39.8 Å². The topological polar surface area (TPSA) is 75.3 Å². The van der Waals surface area contributed by atoms with E-state index >= 15 is 0 Å². The summed E-state index contributed by atoms with van der Waals surface area (Å²) in [4.78, 5) is 36.6. The number of benzene rings is 1. The lowest BCUT2D eigenvalue weighted by molar-refractivity contribution is -0.128. The molecule has 5 nitrogen and oxygen atoms in total. The molecule has 0 saturated carbocycles. The molecule has 2 amide bonds. The Kier molecular flexibility index (Phi) is 4.41. The molecule has 2 aliphatic rings. The lowest BCUT2D eigenvalue weighted by atomic mass is 9.81. The van der Waals surface area contributed by atoms with Gasteiger partial charge >= 0.3 is 0 Å². The normalized spacial score (nSPS) is 20.9. The van der Waals surface area contributed by atoms with Crippen molar-refractivity contribution in [2.75, 3.05) is 5.32 Å². The first-order valence-electron chi connectivity index (χ1n) is 7.27. The highest BCUT2D eigenvalue weighted by Crippen LogP contribution is 2.32. The van der Waals surface area contributed by atoms with Crippen molar-refractivity contribution in [2.45, 2.75) is 25.7 Å². The molecule has 1 heterocycles. The molecule has 7 heteroatoms. The second-order valence-electron chi connectivity index (χ2n) is 5.62. The van der Waals surface area contributed by atoms with E-state index < -0.39 is 11.8 Å². The minimum absolute atomic E-state index is 0.0370. The fraction of sp³-hybridized carbons (Fsp3) is 0.312. The van der Waals surface area contributed by atoms with Gasteiger partial charge in [-0.1, -0.05) is 23.2 Å². The van der Waals surface area contributed by atoms with Crippen molar-refractivity contribution in [1.82, 2.24) is 5.32 Å². The summed E-state index contributed by atoms with van der Waals surface area (Å²) in [5.74, 6) is -1.50. The standard InChI is InChI=1S/C16H14Cl2N2O3/c17-8-4-9(18)6-10(5-8)19-16(23)11-7-14(22)20-12-2-1-3-13(21)15(11)12/h4-6,11H,1-3,7H2,(H,19,23)(H,20,22). The zero-order valence-electron chi connectivity index (χ0n) is 12.1. The highest BCUT2D eigenvalue weighted by Gasteiger charge is 2.37. The number of ketones is 1. The smallest absolute Gasteiger partial charge is 0.232 e. The monoisotopic (exact) mass is 352 g/mol. The number of hydrogen-bond donors (Lipinski definition) is 2. The number of rotatable bonds is 2. The van der Waals surface area contributed by atoms with E-state index in [4.69, 9.17) is 23.2 Å². The van der Waals surface area contributed by atoms with Crippen LogP contribution in [0.2, 0.25) is 10.0 Å². The molecule has 0 radical (unpaired) electrons. The Morgan fingerprint density at radius 2 is 1.83 bits per heavy atom. The van der Waals surface area contributed by atoms with Gasteiger partial charge in [-0.3, -0.25) is 14.4 Å². The maximum Gasteiger partial charge on any atom is 0.232 e. The Morgan fingerprint density at radius 3 is 2.52 bits per heavy atom. The molecule has 120 valence electrons. The maximum atomic E-state index is 12.6. The lowest BCUT2D eigenvalue weighted by Crippen LogP contribution is -2.41. The molecule has 23 heavy (non-hydrogen) atoms. The third-order valence-electron chi connectivity index (χ3n) is 3.93. The summed E-state index contributed by atoms with van der Waals surface area (Å²) in [6, 6.07) is 4.68. The third kappa shape index (κ3) is 3.41. The molecule has 0 aromatic heterocycles. The summed E-state index contributed by atoms with van der Waals surface area (Å²) >= 11 is 11.8. The molecule has 1 atom stereocenters. The number of Topliss-reactive ketones (excluding diaryl/α,β-unsaturated/α-hetero) is 1. The molecule has 1 aromatic rings. The first kappa shape index (κ1) is 16.0. The fourth-order valence-corrected chi connectivity index (χ4v) is 3.51. The summed E-state index contributed by atoms with van der Waals surface area (Å²) in [5.41, 5.74) is 1.45. The average Bonchev–Trinajstić information content (AvgIpc) is 2.45. The van der Waals surface area contributed by atoms with Crippen LogP contribution in [0.15, 0.2) is 29.5 Å². The van der Waals surface area contributed by atoms with Crippen molar-refractivity contribution in [1.29, 1.82) is 0 Å². The molecule has 1 unspecified atom stereocenters. The van der Waals surface area contributed by atoms with Gasteiger partial charge in [0.1, 0.15) is 0 Å². The van der Waals surface area contributed by atoms with Gasteiger partial charge in [0.2, 0.25) is 11.8 Å². The van der Waals surface area contributed by atoms with Crippen LogP contribution in [0.25, 0.3) is 0 Å². The number of amides is 2. The third-order valence-corrected chi connectivity index (χ3v) is 4.37. The predicted molar refractivity (Wildman–Crippen MR) is 87.2 cm³/mol. The summed E-state index contributed by atoms with van der Waals surface area (Å²) < 4.78 is 0. The van der Waals surface area contributed by atoms with E-state index in [1.807, 2.05) is 0 Å². The Bertz CT molecular complexity index is 723. The van der Waals surface area contributed by atoms with Crippen LogP contribution >= 0.6 is 23.2 Å². The van der Waals surface area contributed by atoms with Gasteiger partial charge in [-0.15, -0.1) is 0 Å². The Labute approximate surface area is 143 Å². The number of carbonyl (C=O) groups excluding carboxylic acids is 3. The molecular weight excluding hydrogens is 339 g/mol. The van der Waals surface area contributed by atoms with E-state index in [1.165, 1.54) is 0 Å². The SMILES string of the molecule is O=C1CC(C(=O)Nc2cc(Cl)cc(Cl)c2)C2=C(CCCC2=O)N1. The Hall–Kier alpha value is -1.85. The number of allylic oxidation sites excluding steroid dienone is 1. The molecule has 0 bridgehead atoms. The Morgan fingerprint density at radius 1 is 1.13 bits per heavy atom. The average molecular weight is 353 g/mol. The zero-order chi connectivity index (χ0) is 16.6. The largest absolute Gasteiger partial charge is 0.329 e. The zero-order valence-corrected chi connectivity index (χ0v) is 13.6. The summed E-state index contributed by atoms with van der Waals surface area (Å²) in [5, 5.41) is 6.19. The highest BCUT2D eigenvalue weighted by molar-refractivity contribution is 6.35. The van der Waals surface area contributed by atoms with Crippen LogP contribution in [0.1, 0.15) is 25.7 Å². The summed E-state index contributed by atoms with van der Waals surface area (Å²) in [6.07, 6.45) is 1.67. The minimum atomic E-state index is -0.774. The molecule has 0 spiro atoms. The van der Waals surface area contributed by atoms with Crippen molar-refractivity contribution < 1.29 is 14.4 Å². The van der Waals surface area contributed by atoms with Gasteiger partial charge in [-0.05, 0) is 31.0 Å². The second-order valence-corrected chi connectivity index (χ2v) is 6.49. The van der Waals surface area contributed by atoms with Crippen molar-refractivity contribution in [3.8, 4) is 0 Å². The van der Waals surface area contributed by atoms with Gasteiger partial charge in [0.15, 0.2) is 5.78 Å². The molecule has 0 fully saturated rings.